The molecule has 0 aliphatic carbocycles. The molecule has 1 aliphatic rings. The summed E-state index contributed by atoms with van der Waals surface area (Å²) in [4.78, 5) is 24.2. The molecule has 4 nitrogen and oxygen atoms in total. The van der Waals surface area contributed by atoms with E-state index in [1.165, 1.54) is 0 Å². The van der Waals surface area contributed by atoms with Crippen molar-refractivity contribution in [2.75, 3.05) is 0 Å². The largest absolute Gasteiger partial charge is 0.481 e. The first-order valence-corrected chi connectivity index (χ1v) is 6.22. The molecule has 1 amide bonds. The van der Waals surface area contributed by atoms with Gasteiger partial charge in [0.25, 0.3) is 0 Å². The molecule has 0 unspecified atom stereocenters. The molecule has 0 atom stereocenters. The van der Waals surface area contributed by atoms with E-state index in [0.29, 0.717) is 32.4 Å². The summed E-state index contributed by atoms with van der Waals surface area (Å²) in [5, 5.41) is 8.52. The first-order chi connectivity index (χ1) is 8.65. The van der Waals surface area contributed by atoms with E-state index in [1.807, 2.05) is 23.1 Å². The summed E-state index contributed by atoms with van der Waals surface area (Å²) >= 11 is 0. The van der Waals surface area contributed by atoms with E-state index in [0.717, 1.165) is 11.1 Å². The van der Waals surface area contributed by atoms with Gasteiger partial charge in [0.2, 0.25) is 5.91 Å². The molecule has 0 radical (unpaired) electrons. The first-order valence-electron chi connectivity index (χ1n) is 6.22. The molecule has 96 valence electrons. The van der Waals surface area contributed by atoms with Gasteiger partial charge in [0.05, 0.1) is 0 Å². The van der Waals surface area contributed by atoms with Crippen LogP contribution >= 0.6 is 0 Å². The van der Waals surface area contributed by atoms with Crippen molar-refractivity contribution in [2.45, 2.75) is 38.8 Å². The lowest BCUT2D eigenvalue weighted by Gasteiger charge is -2.27. The summed E-state index contributed by atoms with van der Waals surface area (Å²) in [5.74, 6) is -0.678. The quantitative estimate of drug-likeness (QED) is 0.811. The number of carboxylic acids is 1. The van der Waals surface area contributed by atoms with Crippen molar-refractivity contribution in [3.05, 3.63) is 35.4 Å². The fourth-order valence-electron chi connectivity index (χ4n) is 2.21. The predicted octanol–water partition coefficient (Wildman–Crippen LogP) is 2.17. The Hall–Kier alpha value is -1.84. The molecular weight excluding hydrogens is 230 g/mol. The van der Waals surface area contributed by atoms with E-state index in [1.54, 1.807) is 0 Å². The average molecular weight is 247 g/mol. The van der Waals surface area contributed by atoms with Crippen molar-refractivity contribution in [1.82, 2.24) is 4.90 Å². The van der Waals surface area contributed by atoms with Crippen LogP contribution in [0.4, 0.5) is 0 Å². The number of aliphatic carboxylic acids is 1. The minimum Gasteiger partial charge on any atom is -0.481 e. The number of carboxylic acid groups (broad SMARTS) is 1. The van der Waals surface area contributed by atoms with Crippen molar-refractivity contribution in [1.29, 1.82) is 0 Å². The maximum absolute atomic E-state index is 12.0. The third-order valence-corrected chi connectivity index (χ3v) is 3.12. The highest BCUT2D eigenvalue weighted by Gasteiger charge is 2.18. The molecule has 1 heterocycles. The highest BCUT2D eigenvalue weighted by atomic mass is 16.4. The van der Waals surface area contributed by atoms with Gasteiger partial charge in [-0.25, -0.2) is 0 Å². The Morgan fingerprint density at radius 2 is 1.72 bits per heavy atom. The van der Waals surface area contributed by atoms with Crippen molar-refractivity contribution in [3.8, 4) is 0 Å². The maximum atomic E-state index is 12.0. The summed E-state index contributed by atoms with van der Waals surface area (Å²) in [6.07, 6.45) is 1.81. The topological polar surface area (TPSA) is 57.6 Å². The zero-order valence-electron chi connectivity index (χ0n) is 10.3. The lowest BCUT2D eigenvalue weighted by molar-refractivity contribution is -0.137. The Balaban J connectivity index is 1.79. The minimum absolute atomic E-state index is 0.118. The Labute approximate surface area is 106 Å². The van der Waals surface area contributed by atoms with E-state index in [9.17, 15) is 9.59 Å². The third-order valence-electron chi connectivity index (χ3n) is 3.12. The number of fused-ring (bicyclic) bond motifs is 2. The molecule has 1 aromatic carbocycles. The van der Waals surface area contributed by atoms with Crippen LogP contribution in [0.1, 0.15) is 36.8 Å². The van der Waals surface area contributed by atoms with E-state index < -0.39 is 5.97 Å². The molecule has 0 saturated carbocycles. The van der Waals surface area contributed by atoms with E-state index >= 15 is 0 Å². The molecule has 4 heteroatoms. The summed E-state index contributed by atoms with van der Waals surface area (Å²) in [6.45, 7) is 1.34. The van der Waals surface area contributed by atoms with Crippen LogP contribution in [0.25, 0.3) is 0 Å². The number of benzene rings is 1. The van der Waals surface area contributed by atoms with Gasteiger partial charge in [-0.3, -0.25) is 9.59 Å². The average Bonchev–Trinajstić information content (AvgIpc) is 2.33. The molecule has 0 aromatic heterocycles. The first kappa shape index (κ1) is 12.6. The Morgan fingerprint density at radius 3 is 2.33 bits per heavy atom. The Kier molecular flexibility index (Phi) is 3.97. The lowest BCUT2D eigenvalue weighted by atomic mass is 10.0. The number of amides is 1. The molecule has 2 rings (SSSR count). The van der Waals surface area contributed by atoms with Crippen LogP contribution in [0.15, 0.2) is 24.3 Å². The Bertz CT molecular complexity index is 435. The molecular formula is C14H17NO3. The van der Waals surface area contributed by atoms with Gasteiger partial charge in [-0.15, -0.1) is 0 Å². The highest BCUT2D eigenvalue weighted by molar-refractivity contribution is 5.76. The molecule has 2 bridgehead atoms. The summed E-state index contributed by atoms with van der Waals surface area (Å²) in [7, 11) is 0. The number of unbranched alkanes of at least 4 members (excludes halogenated alkanes) is 1. The van der Waals surface area contributed by atoms with Crippen LogP contribution < -0.4 is 0 Å². The van der Waals surface area contributed by atoms with Gasteiger partial charge in [-0.1, -0.05) is 24.3 Å². The van der Waals surface area contributed by atoms with Crippen LogP contribution in [-0.2, 0) is 22.7 Å². The molecule has 0 fully saturated rings. The molecule has 1 aliphatic heterocycles. The summed E-state index contributed by atoms with van der Waals surface area (Å²) < 4.78 is 0. The number of carbonyl (C=O) groups is 2. The maximum Gasteiger partial charge on any atom is 0.303 e. The third kappa shape index (κ3) is 3.32. The van der Waals surface area contributed by atoms with Gasteiger partial charge in [-0.05, 0) is 24.0 Å². The fourth-order valence-corrected chi connectivity index (χ4v) is 2.21. The summed E-state index contributed by atoms with van der Waals surface area (Å²) in [6, 6.07) is 8.17. The number of rotatable bonds is 5. The van der Waals surface area contributed by atoms with Gasteiger partial charge >= 0.3 is 5.97 Å². The summed E-state index contributed by atoms with van der Waals surface area (Å²) in [5.41, 5.74) is 2.33. The van der Waals surface area contributed by atoms with Crippen LogP contribution in [0.5, 0.6) is 0 Å². The van der Waals surface area contributed by atoms with Crippen LogP contribution in [-0.4, -0.2) is 21.9 Å². The van der Waals surface area contributed by atoms with E-state index in [-0.39, 0.29) is 12.3 Å². The van der Waals surface area contributed by atoms with Gasteiger partial charge in [-0.2, -0.15) is 0 Å². The van der Waals surface area contributed by atoms with Crippen molar-refractivity contribution < 1.29 is 14.7 Å². The second-order valence-electron chi connectivity index (χ2n) is 4.67. The van der Waals surface area contributed by atoms with E-state index in [2.05, 4.69) is 6.07 Å². The Morgan fingerprint density at radius 1 is 1.11 bits per heavy atom. The zero-order valence-corrected chi connectivity index (χ0v) is 10.3. The molecule has 0 spiro atoms. The lowest BCUT2D eigenvalue weighted by Crippen LogP contribution is -2.32. The van der Waals surface area contributed by atoms with Gasteiger partial charge in [0.1, 0.15) is 0 Å². The molecule has 1 N–H and O–H groups in total. The molecule has 0 saturated heterocycles. The van der Waals surface area contributed by atoms with Gasteiger partial charge in [0.15, 0.2) is 0 Å². The van der Waals surface area contributed by atoms with Crippen molar-refractivity contribution >= 4 is 11.9 Å². The van der Waals surface area contributed by atoms with Crippen molar-refractivity contribution in [2.24, 2.45) is 0 Å². The van der Waals surface area contributed by atoms with Crippen LogP contribution in [0, 0.1) is 0 Å². The van der Waals surface area contributed by atoms with Crippen molar-refractivity contribution in [3.63, 3.8) is 0 Å². The van der Waals surface area contributed by atoms with E-state index in [4.69, 9.17) is 5.11 Å². The normalized spacial score (nSPS) is 13.4. The second kappa shape index (κ2) is 5.67. The smallest absolute Gasteiger partial charge is 0.303 e. The highest BCUT2D eigenvalue weighted by Crippen LogP contribution is 2.19. The van der Waals surface area contributed by atoms with Crippen LogP contribution in [0.3, 0.4) is 0 Å². The zero-order chi connectivity index (χ0) is 13.0. The predicted molar refractivity (Wildman–Crippen MR) is 66.8 cm³/mol. The van der Waals surface area contributed by atoms with Crippen LogP contribution in [0.2, 0.25) is 0 Å². The monoisotopic (exact) mass is 247 g/mol. The standard InChI is InChI=1S/C14H17NO3/c16-13(6-1-2-7-14(17)18)15-9-11-4-3-5-12(8-11)10-15/h3-5,8H,1-2,6-7,9-10H2,(H,17,18). The number of nitrogens with zero attached hydrogens (tertiary/aromatic N) is 1. The fraction of sp³-hybridized carbons (Fsp3) is 0.429. The molecule has 1 aromatic rings. The SMILES string of the molecule is O=C(O)CCCCC(=O)N1Cc2cccc(c2)C1. The number of carbonyl (C=O) groups excluding carboxylic acids is 1. The number of hydrogen-bond acceptors (Lipinski definition) is 2. The van der Waals surface area contributed by atoms with Gasteiger partial charge in [0, 0.05) is 25.9 Å². The molecule has 18 heavy (non-hydrogen) atoms. The van der Waals surface area contributed by atoms with Gasteiger partial charge < -0.3 is 10.0 Å². The second-order valence-corrected chi connectivity index (χ2v) is 4.67. The number of hydrogen-bond donors (Lipinski definition) is 1. The minimum atomic E-state index is -0.796.